The highest BCUT2D eigenvalue weighted by Crippen LogP contribution is 2.23. The van der Waals surface area contributed by atoms with Crippen LogP contribution in [0.25, 0.3) is 17.2 Å². The number of benzene rings is 2. The molecule has 2 aromatic carbocycles. The number of carbonyl (C=O) groups is 1. The van der Waals surface area contributed by atoms with Gasteiger partial charge in [0.2, 0.25) is 5.89 Å². The summed E-state index contributed by atoms with van der Waals surface area (Å²) in [6.07, 6.45) is 1.58. The van der Waals surface area contributed by atoms with Crippen LogP contribution in [-0.4, -0.2) is 40.6 Å². The van der Waals surface area contributed by atoms with Gasteiger partial charge < -0.3 is 19.0 Å². The van der Waals surface area contributed by atoms with Gasteiger partial charge in [-0.15, -0.1) is 10.2 Å². The summed E-state index contributed by atoms with van der Waals surface area (Å²) in [5.41, 5.74) is 4.66. The topological polar surface area (TPSA) is 116 Å². The maximum Gasteiger partial charge on any atom is 0.333 e. The van der Waals surface area contributed by atoms with E-state index >= 15 is 0 Å². The molecule has 0 spiro atoms. The van der Waals surface area contributed by atoms with Crippen LogP contribution in [0.15, 0.2) is 59.2 Å². The Hall–Kier alpha value is -3.40. The normalized spacial score (nSPS) is 12.4. The molecule has 1 aromatic heterocycles. The summed E-state index contributed by atoms with van der Waals surface area (Å²) in [5.74, 6) is 0.0323. The Balaban J connectivity index is 1.72. The standard InChI is InChI=1S/C24H26ClN3O6/c1-3-13-33-28-20(23-27-26-22(34-23)17-7-9-18(25)10-8-17)15-32-19-11-5-16(6-12-19)14-21(24(29)30)31-4-2/h5-12,15,21,28H,3-4,13-14H2,1-2H3,(H,29,30). The van der Waals surface area contributed by atoms with Gasteiger partial charge in [-0.05, 0) is 55.3 Å². The highest BCUT2D eigenvalue weighted by Gasteiger charge is 2.18. The van der Waals surface area contributed by atoms with E-state index in [0.717, 1.165) is 17.5 Å². The van der Waals surface area contributed by atoms with Crippen molar-refractivity contribution < 1.29 is 28.6 Å². The van der Waals surface area contributed by atoms with Crippen LogP contribution < -0.4 is 10.2 Å². The lowest BCUT2D eigenvalue weighted by Gasteiger charge is -2.12. The number of hydrogen-bond donors (Lipinski definition) is 2. The molecule has 0 aliphatic rings. The zero-order valence-corrected chi connectivity index (χ0v) is 19.6. The number of nitrogens with zero attached hydrogens (tertiary/aromatic N) is 2. The summed E-state index contributed by atoms with van der Waals surface area (Å²) in [6.45, 7) is 4.54. The Morgan fingerprint density at radius 3 is 2.53 bits per heavy atom. The highest BCUT2D eigenvalue weighted by atomic mass is 35.5. The number of carboxylic acids is 1. The first kappa shape index (κ1) is 25.2. The number of ether oxygens (including phenoxy) is 2. The van der Waals surface area contributed by atoms with Crippen molar-refractivity contribution in [2.75, 3.05) is 13.2 Å². The van der Waals surface area contributed by atoms with Crippen LogP contribution in [0.1, 0.15) is 31.7 Å². The average Bonchev–Trinajstić information content (AvgIpc) is 3.32. The molecule has 0 bridgehead atoms. The van der Waals surface area contributed by atoms with E-state index in [9.17, 15) is 9.90 Å². The molecule has 0 radical (unpaired) electrons. The number of nitrogens with one attached hydrogen (secondary N) is 1. The first-order valence-corrected chi connectivity index (χ1v) is 11.2. The molecular formula is C24H26ClN3O6. The monoisotopic (exact) mass is 487 g/mol. The quantitative estimate of drug-likeness (QED) is 0.200. The van der Waals surface area contributed by atoms with Crippen LogP contribution in [0, 0.1) is 0 Å². The summed E-state index contributed by atoms with van der Waals surface area (Å²) in [4.78, 5) is 16.7. The third-order valence-electron chi connectivity index (χ3n) is 4.54. The number of hydrogen-bond acceptors (Lipinski definition) is 8. The van der Waals surface area contributed by atoms with E-state index in [1.165, 1.54) is 6.26 Å². The van der Waals surface area contributed by atoms with Crippen molar-refractivity contribution in [3.63, 3.8) is 0 Å². The van der Waals surface area contributed by atoms with Crippen molar-refractivity contribution in [1.29, 1.82) is 0 Å². The second-order valence-corrected chi connectivity index (χ2v) is 7.59. The molecule has 1 unspecified atom stereocenters. The minimum atomic E-state index is -0.995. The smallest absolute Gasteiger partial charge is 0.333 e. The Morgan fingerprint density at radius 2 is 1.88 bits per heavy atom. The number of carboxylic acid groups (broad SMARTS) is 1. The van der Waals surface area contributed by atoms with Crippen LogP contribution in [0.3, 0.4) is 0 Å². The van der Waals surface area contributed by atoms with Crippen molar-refractivity contribution in [3.8, 4) is 17.2 Å². The maximum atomic E-state index is 11.3. The van der Waals surface area contributed by atoms with Gasteiger partial charge in [0.25, 0.3) is 5.89 Å². The highest BCUT2D eigenvalue weighted by molar-refractivity contribution is 6.30. The maximum absolute atomic E-state index is 11.3. The van der Waals surface area contributed by atoms with E-state index in [4.69, 9.17) is 30.3 Å². The summed E-state index contributed by atoms with van der Waals surface area (Å²) in [5, 5.41) is 18.0. The molecule has 3 rings (SSSR count). The summed E-state index contributed by atoms with van der Waals surface area (Å²) in [7, 11) is 0. The lowest BCUT2D eigenvalue weighted by Crippen LogP contribution is -2.26. The van der Waals surface area contributed by atoms with Crippen molar-refractivity contribution in [1.82, 2.24) is 15.7 Å². The fourth-order valence-electron chi connectivity index (χ4n) is 2.85. The van der Waals surface area contributed by atoms with Gasteiger partial charge in [-0.1, -0.05) is 30.7 Å². The molecule has 0 aliphatic carbocycles. The molecule has 3 aromatic rings. The Morgan fingerprint density at radius 1 is 1.15 bits per heavy atom. The number of hydroxylamine groups is 1. The predicted molar refractivity (Wildman–Crippen MR) is 126 cm³/mol. The van der Waals surface area contributed by atoms with Gasteiger partial charge >= 0.3 is 5.97 Å². The second kappa shape index (κ2) is 12.7. The molecule has 1 atom stereocenters. The second-order valence-electron chi connectivity index (χ2n) is 7.15. The molecule has 34 heavy (non-hydrogen) atoms. The van der Waals surface area contributed by atoms with Crippen molar-refractivity contribution >= 4 is 23.3 Å². The van der Waals surface area contributed by atoms with E-state index in [1.807, 2.05) is 6.92 Å². The van der Waals surface area contributed by atoms with Gasteiger partial charge in [0, 0.05) is 23.6 Å². The molecule has 2 N–H and O–H groups in total. The van der Waals surface area contributed by atoms with Crippen LogP contribution in [0.4, 0.5) is 0 Å². The van der Waals surface area contributed by atoms with Crippen molar-refractivity contribution in [2.45, 2.75) is 32.8 Å². The molecule has 0 aliphatic heterocycles. The molecule has 180 valence electrons. The summed E-state index contributed by atoms with van der Waals surface area (Å²) < 4.78 is 16.8. The van der Waals surface area contributed by atoms with Gasteiger partial charge in [0.15, 0.2) is 11.8 Å². The van der Waals surface area contributed by atoms with E-state index in [2.05, 4.69) is 15.7 Å². The van der Waals surface area contributed by atoms with Crippen LogP contribution in [-0.2, 0) is 20.8 Å². The molecule has 1 heterocycles. The number of aliphatic carboxylic acids is 1. The van der Waals surface area contributed by atoms with Gasteiger partial charge in [-0.2, -0.15) is 0 Å². The molecule has 10 heteroatoms. The summed E-state index contributed by atoms with van der Waals surface area (Å²) >= 11 is 5.94. The van der Waals surface area contributed by atoms with Crippen LogP contribution in [0.5, 0.6) is 5.75 Å². The van der Waals surface area contributed by atoms with Gasteiger partial charge in [-0.3, -0.25) is 10.3 Å². The number of halogens is 1. The van der Waals surface area contributed by atoms with E-state index in [1.54, 1.807) is 55.5 Å². The Kier molecular flexibility index (Phi) is 9.45. The fraction of sp³-hybridized carbons (Fsp3) is 0.292. The zero-order chi connectivity index (χ0) is 24.3. The van der Waals surface area contributed by atoms with E-state index < -0.39 is 12.1 Å². The largest absolute Gasteiger partial charge is 0.479 e. The minimum Gasteiger partial charge on any atom is -0.479 e. The summed E-state index contributed by atoms with van der Waals surface area (Å²) in [6, 6.07) is 14.1. The average molecular weight is 488 g/mol. The van der Waals surface area contributed by atoms with Crippen molar-refractivity contribution in [2.24, 2.45) is 0 Å². The molecule has 0 saturated carbocycles. The Bertz CT molecular complexity index is 1080. The van der Waals surface area contributed by atoms with Crippen molar-refractivity contribution in [3.05, 3.63) is 71.3 Å². The SMILES string of the molecule is CCCONC(=COc1ccc(CC(OCC)C(=O)O)cc1)c1nnc(-c2ccc(Cl)cc2)o1. The predicted octanol–water partition coefficient (Wildman–Crippen LogP) is 4.73. The number of rotatable bonds is 13. The molecule has 0 amide bonds. The zero-order valence-electron chi connectivity index (χ0n) is 18.9. The van der Waals surface area contributed by atoms with E-state index in [-0.39, 0.29) is 12.3 Å². The minimum absolute atomic E-state index is 0.179. The molecule has 0 fully saturated rings. The van der Waals surface area contributed by atoms with Gasteiger partial charge in [-0.25, -0.2) is 4.79 Å². The first-order chi connectivity index (χ1) is 16.5. The number of aromatic nitrogens is 2. The Labute approximate surface area is 202 Å². The van der Waals surface area contributed by atoms with Crippen LogP contribution >= 0.6 is 11.6 Å². The van der Waals surface area contributed by atoms with E-state index in [0.29, 0.717) is 35.6 Å². The molecular weight excluding hydrogens is 462 g/mol. The lowest BCUT2D eigenvalue weighted by atomic mass is 10.1. The third kappa shape index (κ3) is 7.31. The van der Waals surface area contributed by atoms with Gasteiger partial charge in [0.05, 0.1) is 6.61 Å². The molecule has 9 nitrogen and oxygen atoms in total. The van der Waals surface area contributed by atoms with Gasteiger partial charge in [0.1, 0.15) is 12.0 Å². The first-order valence-electron chi connectivity index (χ1n) is 10.8. The third-order valence-corrected chi connectivity index (χ3v) is 4.79. The van der Waals surface area contributed by atoms with Crippen LogP contribution in [0.2, 0.25) is 5.02 Å². The fourth-order valence-corrected chi connectivity index (χ4v) is 2.98. The lowest BCUT2D eigenvalue weighted by molar-refractivity contribution is -0.149. The molecule has 0 saturated heterocycles.